The van der Waals surface area contributed by atoms with Gasteiger partial charge in [0.15, 0.2) is 0 Å². The molecular formula is C25H42O3. The van der Waals surface area contributed by atoms with Crippen LogP contribution < -0.4 is 0 Å². The Kier molecular flexibility index (Phi) is 5.97. The van der Waals surface area contributed by atoms with Crippen molar-refractivity contribution in [2.75, 3.05) is 13.2 Å². The van der Waals surface area contributed by atoms with E-state index < -0.39 is 0 Å². The monoisotopic (exact) mass is 390 g/mol. The first-order chi connectivity index (χ1) is 13.4. The average Bonchev–Trinajstić information content (AvgIpc) is 3.01. The van der Waals surface area contributed by atoms with E-state index in [1.54, 1.807) is 0 Å². The maximum absolute atomic E-state index is 13.5. The number of hydrogen-bond acceptors (Lipinski definition) is 3. The number of carbonyl (C=O) groups excluding carboxylic acids is 1. The molecule has 8 atom stereocenters. The molecule has 4 aliphatic rings. The van der Waals surface area contributed by atoms with Gasteiger partial charge in [-0.05, 0) is 86.4 Å². The van der Waals surface area contributed by atoms with Crippen LogP contribution in [0.4, 0.5) is 0 Å². The minimum atomic E-state index is 0.219. The van der Waals surface area contributed by atoms with Gasteiger partial charge in [-0.1, -0.05) is 27.7 Å². The lowest BCUT2D eigenvalue weighted by Crippen LogP contribution is -2.57. The molecular weight excluding hydrogens is 348 g/mol. The average molecular weight is 391 g/mol. The fourth-order valence-electron chi connectivity index (χ4n) is 7.81. The third-order valence-corrected chi connectivity index (χ3v) is 9.42. The van der Waals surface area contributed by atoms with Crippen LogP contribution in [-0.4, -0.2) is 31.2 Å². The van der Waals surface area contributed by atoms with E-state index in [0.717, 1.165) is 45.3 Å². The first-order valence-electron chi connectivity index (χ1n) is 12.2. The van der Waals surface area contributed by atoms with Crippen LogP contribution in [-0.2, 0) is 14.3 Å². The zero-order valence-electron chi connectivity index (χ0n) is 18.7. The molecule has 0 aromatic heterocycles. The van der Waals surface area contributed by atoms with E-state index in [9.17, 15) is 4.79 Å². The molecule has 0 aliphatic heterocycles. The van der Waals surface area contributed by atoms with E-state index in [-0.39, 0.29) is 5.41 Å². The number of Topliss-reactive ketones (excluding diaryl/α,β-unsaturated/α-hetero) is 1. The molecule has 0 N–H and O–H groups in total. The summed E-state index contributed by atoms with van der Waals surface area (Å²) in [5.74, 6) is 2.55. The summed E-state index contributed by atoms with van der Waals surface area (Å²) in [4.78, 5) is 13.5. The number of rotatable bonds is 6. The number of ether oxygens (including phenoxy) is 2. The molecule has 28 heavy (non-hydrogen) atoms. The standard InChI is InChI=1S/C25H42O3/c1-5-13-27-18-9-11-24(3)17(15-18)16-21(26)23-19-7-8-22(28-14-6-2)25(19,4)12-10-20(23)24/h17-20,22-23H,5-16H2,1-4H3/t17-,18-,19-,20-,22-,23-,24-,25-/m0/s1. The second kappa shape index (κ2) is 8.02. The molecule has 0 spiro atoms. The van der Waals surface area contributed by atoms with Crippen molar-refractivity contribution in [3.8, 4) is 0 Å². The van der Waals surface area contributed by atoms with Crippen LogP contribution in [0.15, 0.2) is 0 Å². The van der Waals surface area contributed by atoms with Gasteiger partial charge in [0.2, 0.25) is 0 Å². The number of hydrogen-bond donors (Lipinski definition) is 0. The normalized spacial score (nSPS) is 48.1. The van der Waals surface area contributed by atoms with Gasteiger partial charge in [-0.3, -0.25) is 4.79 Å². The van der Waals surface area contributed by atoms with E-state index >= 15 is 0 Å². The second-order valence-electron chi connectivity index (χ2n) is 10.9. The highest BCUT2D eigenvalue weighted by Crippen LogP contribution is 2.65. The van der Waals surface area contributed by atoms with E-state index in [1.807, 2.05) is 0 Å². The molecule has 4 aliphatic carbocycles. The summed E-state index contributed by atoms with van der Waals surface area (Å²) < 4.78 is 12.4. The first-order valence-corrected chi connectivity index (χ1v) is 12.2. The summed E-state index contributed by atoms with van der Waals surface area (Å²) in [5.41, 5.74) is 0.560. The molecule has 3 nitrogen and oxygen atoms in total. The van der Waals surface area contributed by atoms with Crippen molar-refractivity contribution in [2.45, 2.75) is 104 Å². The van der Waals surface area contributed by atoms with Crippen molar-refractivity contribution in [1.82, 2.24) is 0 Å². The largest absolute Gasteiger partial charge is 0.378 e. The van der Waals surface area contributed by atoms with Crippen molar-refractivity contribution in [2.24, 2.45) is 34.5 Å². The Labute approximate surface area is 172 Å². The number of carbonyl (C=O) groups is 1. The van der Waals surface area contributed by atoms with Gasteiger partial charge < -0.3 is 9.47 Å². The molecule has 0 amide bonds. The molecule has 3 heteroatoms. The van der Waals surface area contributed by atoms with Crippen LogP contribution in [0.25, 0.3) is 0 Å². The lowest BCUT2D eigenvalue weighted by Gasteiger charge is -2.60. The van der Waals surface area contributed by atoms with Crippen LogP contribution in [0.1, 0.15) is 91.9 Å². The molecule has 160 valence electrons. The SMILES string of the molecule is CCCO[C@H]1CC[C@@]2(C)[C@H](CC(=O)[C@@H]3[C@@H]2CC[C@]2(C)[C@@H](OCCC)CC[C@@H]32)C1. The highest BCUT2D eigenvalue weighted by molar-refractivity contribution is 5.83. The predicted octanol–water partition coefficient (Wildman–Crippen LogP) is 5.80. The van der Waals surface area contributed by atoms with E-state index in [2.05, 4.69) is 27.7 Å². The molecule has 0 saturated heterocycles. The van der Waals surface area contributed by atoms with Gasteiger partial charge in [0.05, 0.1) is 12.2 Å². The van der Waals surface area contributed by atoms with Crippen LogP contribution in [0.3, 0.4) is 0 Å². The summed E-state index contributed by atoms with van der Waals surface area (Å²) in [6, 6.07) is 0. The number of fused-ring (bicyclic) bond motifs is 5. The summed E-state index contributed by atoms with van der Waals surface area (Å²) >= 11 is 0. The molecule has 0 unspecified atom stereocenters. The van der Waals surface area contributed by atoms with Crippen LogP contribution >= 0.6 is 0 Å². The van der Waals surface area contributed by atoms with Crippen molar-refractivity contribution in [3.63, 3.8) is 0 Å². The molecule has 4 rings (SSSR count). The summed E-state index contributed by atoms with van der Waals surface area (Å²) in [6.07, 6.45) is 12.1. The smallest absolute Gasteiger partial charge is 0.136 e. The molecule has 4 fully saturated rings. The summed E-state index contributed by atoms with van der Waals surface area (Å²) in [5, 5.41) is 0. The summed E-state index contributed by atoms with van der Waals surface area (Å²) in [6.45, 7) is 11.1. The summed E-state index contributed by atoms with van der Waals surface area (Å²) in [7, 11) is 0. The Bertz CT molecular complexity index is 574. The first kappa shape index (κ1) is 20.8. The fourth-order valence-corrected chi connectivity index (χ4v) is 7.81. The highest BCUT2D eigenvalue weighted by Gasteiger charge is 2.63. The van der Waals surface area contributed by atoms with Gasteiger partial charge in [0.1, 0.15) is 5.78 Å². The second-order valence-corrected chi connectivity index (χ2v) is 10.9. The lowest BCUT2D eigenvalue weighted by molar-refractivity contribution is -0.166. The zero-order chi connectivity index (χ0) is 19.9. The van der Waals surface area contributed by atoms with Gasteiger partial charge >= 0.3 is 0 Å². The van der Waals surface area contributed by atoms with E-state index in [4.69, 9.17) is 9.47 Å². The van der Waals surface area contributed by atoms with Crippen LogP contribution in [0.5, 0.6) is 0 Å². The van der Waals surface area contributed by atoms with Gasteiger partial charge in [-0.25, -0.2) is 0 Å². The van der Waals surface area contributed by atoms with Crippen molar-refractivity contribution >= 4 is 5.78 Å². The maximum Gasteiger partial charge on any atom is 0.136 e. The van der Waals surface area contributed by atoms with Crippen molar-refractivity contribution in [3.05, 3.63) is 0 Å². The third kappa shape index (κ3) is 3.29. The van der Waals surface area contributed by atoms with Gasteiger partial charge in [0.25, 0.3) is 0 Å². The van der Waals surface area contributed by atoms with E-state index in [0.29, 0.717) is 47.1 Å². The minimum absolute atomic E-state index is 0.219. The highest BCUT2D eigenvalue weighted by atomic mass is 16.5. The third-order valence-electron chi connectivity index (χ3n) is 9.42. The van der Waals surface area contributed by atoms with Crippen LogP contribution in [0, 0.1) is 34.5 Å². The molecule has 0 radical (unpaired) electrons. The van der Waals surface area contributed by atoms with Gasteiger partial charge in [0, 0.05) is 25.6 Å². The van der Waals surface area contributed by atoms with Gasteiger partial charge in [-0.2, -0.15) is 0 Å². The number of ketones is 1. The molecule has 0 aromatic rings. The van der Waals surface area contributed by atoms with E-state index in [1.165, 1.54) is 32.1 Å². The Morgan fingerprint density at radius 2 is 1.57 bits per heavy atom. The molecule has 4 saturated carbocycles. The molecule has 0 bridgehead atoms. The maximum atomic E-state index is 13.5. The fraction of sp³-hybridized carbons (Fsp3) is 0.960. The van der Waals surface area contributed by atoms with Gasteiger partial charge in [-0.15, -0.1) is 0 Å². The Hall–Kier alpha value is -0.410. The predicted molar refractivity (Wildman–Crippen MR) is 112 cm³/mol. The Balaban J connectivity index is 1.52. The van der Waals surface area contributed by atoms with Crippen molar-refractivity contribution < 1.29 is 14.3 Å². The zero-order valence-corrected chi connectivity index (χ0v) is 18.7. The van der Waals surface area contributed by atoms with Crippen LogP contribution in [0.2, 0.25) is 0 Å². The van der Waals surface area contributed by atoms with Crippen molar-refractivity contribution in [1.29, 1.82) is 0 Å². The lowest BCUT2D eigenvalue weighted by atomic mass is 9.45. The molecule has 0 aromatic carbocycles. The Morgan fingerprint density at radius 1 is 0.893 bits per heavy atom. The Morgan fingerprint density at radius 3 is 2.32 bits per heavy atom. The topological polar surface area (TPSA) is 35.5 Å². The minimum Gasteiger partial charge on any atom is -0.378 e. The molecule has 0 heterocycles. The quantitative estimate of drug-likeness (QED) is 0.575.